The summed E-state index contributed by atoms with van der Waals surface area (Å²) in [7, 11) is 0. The van der Waals surface area contributed by atoms with Crippen molar-refractivity contribution >= 4 is 5.97 Å². The monoisotopic (exact) mass is 188 g/mol. The van der Waals surface area contributed by atoms with E-state index in [0.717, 1.165) is 0 Å². The largest absolute Gasteiger partial charge is 0.496 e. The van der Waals surface area contributed by atoms with Crippen LogP contribution in [0.5, 0.6) is 0 Å². The number of ether oxygens (including phenoxy) is 1. The fourth-order valence-corrected chi connectivity index (χ4v) is 0.229. The Morgan fingerprint density at radius 3 is 2.08 bits per heavy atom. The lowest BCUT2D eigenvalue weighted by atomic mass is 10.5. The Bertz CT molecular complexity index is 195. The highest BCUT2D eigenvalue weighted by atomic mass is 19.3. The van der Waals surface area contributed by atoms with Crippen LogP contribution in [0.3, 0.4) is 0 Å². The number of hydrogen-bond acceptors (Lipinski definition) is 3. The van der Waals surface area contributed by atoms with Crippen molar-refractivity contribution in [3.05, 3.63) is 12.7 Å². The van der Waals surface area contributed by atoms with Crippen molar-refractivity contribution in [2.24, 2.45) is 0 Å². The quantitative estimate of drug-likeness (QED) is 0.406. The molecule has 12 heavy (non-hydrogen) atoms. The van der Waals surface area contributed by atoms with Crippen LogP contribution in [0.2, 0.25) is 0 Å². The molecule has 0 unspecified atom stereocenters. The maximum Gasteiger partial charge on any atom is 0.496 e. The second kappa shape index (κ2) is 3.10. The molecule has 0 saturated heterocycles. The smallest absolute Gasteiger partial charge is 0.391 e. The van der Waals surface area contributed by atoms with E-state index in [1.54, 1.807) is 0 Å². The molecule has 0 amide bonds. The Hall–Kier alpha value is -1.11. The summed E-state index contributed by atoms with van der Waals surface area (Å²) < 4.78 is 49.6. The summed E-state index contributed by atoms with van der Waals surface area (Å²) in [6, 6.07) is 0. The average molecular weight is 188 g/mol. The first-order valence-electron chi connectivity index (χ1n) is 2.54. The maximum absolute atomic E-state index is 11.9. The van der Waals surface area contributed by atoms with Gasteiger partial charge in [0.05, 0.1) is 0 Å². The lowest BCUT2D eigenvalue weighted by Gasteiger charge is -2.19. The standard InChI is InChI=1S/C5H4F4O3/c1-2-3(10)12-5(8,9)4(6,7)11/h2,11H,1H2. The summed E-state index contributed by atoms with van der Waals surface area (Å²) in [4.78, 5) is 10.0. The fourth-order valence-electron chi connectivity index (χ4n) is 0.229. The Balaban J connectivity index is 4.43. The van der Waals surface area contributed by atoms with Gasteiger partial charge in [0.1, 0.15) is 0 Å². The third-order valence-corrected chi connectivity index (χ3v) is 0.746. The first kappa shape index (κ1) is 10.9. The van der Waals surface area contributed by atoms with Gasteiger partial charge in [-0.2, -0.15) is 17.6 Å². The van der Waals surface area contributed by atoms with Crippen LogP contribution < -0.4 is 0 Å². The predicted octanol–water partition coefficient (Wildman–Crippen LogP) is 0.893. The molecular formula is C5H4F4O3. The summed E-state index contributed by atoms with van der Waals surface area (Å²) in [5.74, 6) is -1.76. The van der Waals surface area contributed by atoms with Crippen molar-refractivity contribution in [1.29, 1.82) is 0 Å². The first-order chi connectivity index (χ1) is 5.20. The minimum absolute atomic E-state index is 0.264. The molecule has 0 aliphatic rings. The SMILES string of the molecule is C=CC(=O)OC(F)(F)C(O)(F)F. The molecule has 0 heterocycles. The Morgan fingerprint density at radius 2 is 1.83 bits per heavy atom. The number of aliphatic hydroxyl groups is 1. The molecule has 0 spiro atoms. The zero-order valence-electron chi connectivity index (χ0n) is 5.56. The van der Waals surface area contributed by atoms with Gasteiger partial charge in [-0.15, -0.1) is 0 Å². The van der Waals surface area contributed by atoms with E-state index in [2.05, 4.69) is 11.3 Å². The normalized spacial score (nSPS) is 12.4. The van der Waals surface area contributed by atoms with E-state index >= 15 is 0 Å². The van der Waals surface area contributed by atoms with Crippen LogP contribution in [0.25, 0.3) is 0 Å². The Kier molecular flexibility index (Phi) is 2.81. The van der Waals surface area contributed by atoms with Crippen molar-refractivity contribution in [2.75, 3.05) is 0 Å². The molecule has 0 aromatic rings. The number of hydrogen-bond donors (Lipinski definition) is 1. The zero-order chi connectivity index (χ0) is 9.99. The molecule has 3 nitrogen and oxygen atoms in total. The molecule has 7 heteroatoms. The van der Waals surface area contributed by atoms with Crippen molar-refractivity contribution in [3.8, 4) is 0 Å². The van der Waals surface area contributed by atoms with Crippen molar-refractivity contribution in [3.63, 3.8) is 0 Å². The second-order valence-electron chi connectivity index (χ2n) is 1.68. The number of carbonyl (C=O) groups excluding carboxylic acids is 1. The molecule has 0 aromatic heterocycles. The fraction of sp³-hybridized carbons (Fsp3) is 0.400. The van der Waals surface area contributed by atoms with E-state index in [1.807, 2.05) is 0 Å². The number of halogens is 4. The van der Waals surface area contributed by atoms with Gasteiger partial charge in [-0.3, -0.25) is 0 Å². The molecule has 0 aliphatic carbocycles. The summed E-state index contributed by atoms with van der Waals surface area (Å²) in [5, 5.41) is 7.49. The summed E-state index contributed by atoms with van der Waals surface area (Å²) in [6.07, 6.45) is -10.4. The van der Waals surface area contributed by atoms with Crippen LogP contribution in [0.4, 0.5) is 17.6 Å². The Labute approximate surface area is 64.2 Å². The van der Waals surface area contributed by atoms with Gasteiger partial charge in [0.15, 0.2) is 0 Å². The minimum Gasteiger partial charge on any atom is -0.391 e. The third-order valence-electron chi connectivity index (χ3n) is 0.746. The topological polar surface area (TPSA) is 46.5 Å². The van der Waals surface area contributed by atoms with E-state index < -0.39 is 18.2 Å². The number of rotatable bonds is 3. The van der Waals surface area contributed by atoms with Gasteiger partial charge in [-0.1, -0.05) is 6.58 Å². The van der Waals surface area contributed by atoms with Gasteiger partial charge in [0, 0.05) is 6.08 Å². The van der Waals surface area contributed by atoms with E-state index in [4.69, 9.17) is 5.11 Å². The first-order valence-corrected chi connectivity index (χ1v) is 2.54. The molecular weight excluding hydrogens is 184 g/mol. The van der Waals surface area contributed by atoms with Gasteiger partial charge >= 0.3 is 18.2 Å². The van der Waals surface area contributed by atoms with Crippen LogP contribution in [-0.2, 0) is 9.53 Å². The predicted molar refractivity (Wildman–Crippen MR) is 28.4 cm³/mol. The third kappa shape index (κ3) is 2.50. The summed E-state index contributed by atoms with van der Waals surface area (Å²) in [5.41, 5.74) is 0. The zero-order valence-corrected chi connectivity index (χ0v) is 5.56. The average Bonchev–Trinajstić information content (AvgIpc) is 1.84. The number of esters is 1. The lowest BCUT2D eigenvalue weighted by Crippen LogP contribution is -2.43. The molecule has 0 aliphatic heterocycles. The molecule has 70 valence electrons. The van der Waals surface area contributed by atoms with Crippen molar-refractivity contribution in [1.82, 2.24) is 0 Å². The minimum atomic E-state index is -5.40. The molecule has 0 aromatic carbocycles. The van der Waals surface area contributed by atoms with Crippen molar-refractivity contribution < 1.29 is 32.2 Å². The highest BCUT2D eigenvalue weighted by Gasteiger charge is 2.59. The Morgan fingerprint density at radius 1 is 1.42 bits per heavy atom. The molecule has 0 fully saturated rings. The lowest BCUT2D eigenvalue weighted by molar-refractivity contribution is -0.403. The van der Waals surface area contributed by atoms with Crippen LogP contribution >= 0.6 is 0 Å². The highest BCUT2D eigenvalue weighted by Crippen LogP contribution is 2.32. The van der Waals surface area contributed by atoms with Gasteiger partial charge in [-0.25, -0.2) is 4.79 Å². The van der Waals surface area contributed by atoms with Crippen LogP contribution in [0.1, 0.15) is 0 Å². The van der Waals surface area contributed by atoms with E-state index in [0.29, 0.717) is 0 Å². The van der Waals surface area contributed by atoms with Crippen LogP contribution in [-0.4, -0.2) is 23.3 Å². The molecule has 0 atom stereocenters. The van der Waals surface area contributed by atoms with Crippen LogP contribution in [0.15, 0.2) is 12.7 Å². The van der Waals surface area contributed by atoms with Gasteiger partial charge in [-0.05, 0) is 0 Å². The van der Waals surface area contributed by atoms with E-state index in [-0.39, 0.29) is 6.08 Å². The van der Waals surface area contributed by atoms with E-state index in [1.165, 1.54) is 0 Å². The van der Waals surface area contributed by atoms with Gasteiger partial charge in [0.25, 0.3) is 0 Å². The highest BCUT2D eigenvalue weighted by molar-refractivity contribution is 5.81. The maximum atomic E-state index is 11.9. The molecule has 0 rings (SSSR count). The van der Waals surface area contributed by atoms with E-state index in [9.17, 15) is 22.4 Å². The van der Waals surface area contributed by atoms with Crippen molar-refractivity contribution in [2.45, 2.75) is 12.2 Å². The molecule has 0 radical (unpaired) electrons. The molecule has 0 saturated carbocycles. The summed E-state index contributed by atoms with van der Waals surface area (Å²) >= 11 is 0. The van der Waals surface area contributed by atoms with Gasteiger partial charge in [0.2, 0.25) is 0 Å². The molecule has 1 N–H and O–H groups in total. The van der Waals surface area contributed by atoms with Crippen LogP contribution in [0, 0.1) is 0 Å². The molecule has 0 bridgehead atoms. The summed E-state index contributed by atoms with van der Waals surface area (Å²) in [6.45, 7) is 2.69. The number of alkyl halides is 4. The number of carbonyl (C=O) groups is 1. The second-order valence-corrected chi connectivity index (χ2v) is 1.68. The van der Waals surface area contributed by atoms with Gasteiger partial charge < -0.3 is 9.84 Å².